The normalized spacial score (nSPS) is 22.7. The quantitative estimate of drug-likeness (QED) is 0.786. The molecular weight excluding hydrogens is 348 g/mol. The van der Waals surface area contributed by atoms with Crippen LogP contribution in [0.1, 0.15) is 55.9 Å². The maximum absolute atomic E-state index is 13.0. The lowest BCUT2D eigenvalue weighted by atomic mass is 10.0. The van der Waals surface area contributed by atoms with Gasteiger partial charge >= 0.3 is 6.09 Å². The van der Waals surface area contributed by atoms with Gasteiger partial charge in [-0.1, -0.05) is 0 Å². The number of fused-ring (bicyclic) bond motifs is 1. The SMILES string of the molecule is COC1(C)CCN(C(=O)c2nn(C)c3c2CCN(C(=O)OC(C)(C)C)C3)C1. The third-order valence-corrected chi connectivity index (χ3v) is 5.32. The number of ether oxygens (including phenoxy) is 2. The third kappa shape index (κ3) is 3.95. The Labute approximate surface area is 160 Å². The minimum Gasteiger partial charge on any atom is -0.444 e. The molecule has 1 saturated heterocycles. The Hall–Kier alpha value is -2.09. The molecule has 2 amide bonds. The standard InChI is InChI=1S/C19H30N4O4/c1-18(2,3)27-17(25)22-9-7-13-14(11-22)21(5)20-15(13)16(24)23-10-8-19(4,12-23)26-6/h7-12H2,1-6H3. The molecule has 0 bridgehead atoms. The fourth-order valence-electron chi connectivity index (χ4n) is 3.65. The van der Waals surface area contributed by atoms with E-state index in [0.717, 1.165) is 17.7 Å². The fourth-order valence-corrected chi connectivity index (χ4v) is 3.65. The van der Waals surface area contributed by atoms with Gasteiger partial charge in [0.2, 0.25) is 0 Å². The van der Waals surface area contributed by atoms with Gasteiger partial charge in [0.05, 0.1) is 17.8 Å². The summed E-state index contributed by atoms with van der Waals surface area (Å²) in [5.74, 6) is -0.0571. The summed E-state index contributed by atoms with van der Waals surface area (Å²) in [6, 6.07) is 0. The van der Waals surface area contributed by atoms with Gasteiger partial charge in [0, 0.05) is 39.4 Å². The summed E-state index contributed by atoms with van der Waals surface area (Å²) in [6.07, 6.45) is 1.08. The second-order valence-electron chi connectivity index (χ2n) is 8.68. The van der Waals surface area contributed by atoms with Crippen molar-refractivity contribution in [1.82, 2.24) is 19.6 Å². The molecule has 1 unspecified atom stereocenters. The van der Waals surface area contributed by atoms with Crippen LogP contribution in [0.3, 0.4) is 0 Å². The van der Waals surface area contributed by atoms with Crippen LogP contribution in [0, 0.1) is 0 Å². The first-order valence-corrected chi connectivity index (χ1v) is 9.40. The van der Waals surface area contributed by atoms with Gasteiger partial charge in [-0.05, 0) is 40.5 Å². The minimum atomic E-state index is -0.533. The molecule has 3 rings (SSSR count). The van der Waals surface area contributed by atoms with E-state index in [4.69, 9.17) is 9.47 Å². The summed E-state index contributed by atoms with van der Waals surface area (Å²) in [4.78, 5) is 28.9. The lowest BCUT2D eigenvalue weighted by molar-refractivity contribution is 0.0145. The Morgan fingerprint density at radius 1 is 1.19 bits per heavy atom. The van der Waals surface area contributed by atoms with Gasteiger partial charge in [0.1, 0.15) is 5.60 Å². The molecule has 8 nitrogen and oxygen atoms in total. The smallest absolute Gasteiger partial charge is 0.410 e. The molecule has 8 heteroatoms. The Morgan fingerprint density at radius 3 is 2.48 bits per heavy atom. The highest BCUT2D eigenvalue weighted by Crippen LogP contribution is 2.28. The van der Waals surface area contributed by atoms with Gasteiger partial charge in [-0.2, -0.15) is 5.10 Å². The number of aryl methyl sites for hydroxylation is 1. The van der Waals surface area contributed by atoms with Crippen LogP contribution in [-0.2, 0) is 29.5 Å². The number of aromatic nitrogens is 2. The van der Waals surface area contributed by atoms with Crippen molar-refractivity contribution < 1.29 is 19.1 Å². The third-order valence-electron chi connectivity index (χ3n) is 5.32. The van der Waals surface area contributed by atoms with E-state index in [1.54, 1.807) is 16.7 Å². The molecule has 1 fully saturated rings. The number of carbonyl (C=O) groups excluding carboxylic acids is 2. The average Bonchev–Trinajstić information content (AvgIpc) is 3.14. The van der Waals surface area contributed by atoms with E-state index in [2.05, 4.69) is 5.10 Å². The number of likely N-dealkylation sites (tertiary alicyclic amines) is 1. The number of hydrogen-bond acceptors (Lipinski definition) is 5. The van der Waals surface area contributed by atoms with Crippen molar-refractivity contribution >= 4 is 12.0 Å². The summed E-state index contributed by atoms with van der Waals surface area (Å²) in [5, 5.41) is 4.48. The van der Waals surface area contributed by atoms with Crippen LogP contribution in [0.4, 0.5) is 4.79 Å². The van der Waals surface area contributed by atoms with Gasteiger partial charge in [-0.15, -0.1) is 0 Å². The van der Waals surface area contributed by atoms with Crippen LogP contribution in [0.2, 0.25) is 0 Å². The highest BCUT2D eigenvalue weighted by atomic mass is 16.6. The van der Waals surface area contributed by atoms with Crippen LogP contribution in [0.25, 0.3) is 0 Å². The lowest BCUT2D eigenvalue weighted by Gasteiger charge is -2.30. The van der Waals surface area contributed by atoms with Crippen molar-refractivity contribution in [2.45, 2.75) is 58.3 Å². The molecule has 150 valence electrons. The molecule has 2 aliphatic heterocycles. The Bertz CT molecular complexity index is 752. The number of rotatable bonds is 2. The van der Waals surface area contributed by atoms with Gasteiger partial charge in [0.15, 0.2) is 5.69 Å². The Balaban J connectivity index is 1.77. The number of carbonyl (C=O) groups is 2. The van der Waals surface area contributed by atoms with Gasteiger partial charge in [0.25, 0.3) is 5.91 Å². The molecule has 0 aliphatic carbocycles. The number of amides is 2. The van der Waals surface area contributed by atoms with Crippen molar-refractivity contribution in [3.05, 3.63) is 17.0 Å². The summed E-state index contributed by atoms with van der Waals surface area (Å²) in [5.41, 5.74) is 1.50. The molecule has 27 heavy (non-hydrogen) atoms. The van der Waals surface area contributed by atoms with E-state index in [-0.39, 0.29) is 17.6 Å². The average molecular weight is 378 g/mol. The molecule has 0 radical (unpaired) electrons. The van der Waals surface area contributed by atoms with E-state index in [9.17, 15) is 9.59 Å². The topological polar surface area (TPSA) is 76.9 Å². The van der Waals surface area contributed by atoms with Gasteiger partial charge in [-0.25, -0.2) is 4.79 Å². The second-order valence-corrected chi connectivity index (χ2v) is 8.68. The van der Waals surface area contributed by atoms with Crippen molar-refractivity contribution in [3.63, 3.8) is 0 Å². The summed E-state index contributed by atoms with van der Waals surface area (Å²) in [7, 11) is 3.50. The summed E-state index contributed by atoms with van der Waals surface area (Å²) in [6.45, 7) is 9.73. The van der Waals surface area contributed by atoms with E-state index in [1.165, 1.54) is 0 Å². The molecule has 0 aromatic carbocycles. The van der Waals surface area contributed by atoms with Crippen LogP contribution in [0.5, 0.6) is 0 Å². The zero-order chi connectivity index (χ0) is 20.0. The fraction of sp³-hybridized carbons (Fsp3) is 0.737. The first-order chi connectivity index (χ1) is 12.5. The maximum atomic E-state index is 13.0. The highest BCUT2D eigenvalue weighted by molar-refractivity contribution is 5.94. The Kier molecular flexibility index (Phi) is 4.96. The largest absolute Gasteiger partial charge is 0.444 e. The molecule has 0 spiro atoms. The molecule has 1 aromatic heterocycles. The minimum absolute atomic E-state index is 0.0571. The Morgan fingerprint density at radius 2 is 1.89 bits per heavy atom. The van der Waals surface area contributed by atoms with E-state index in [1.807, 2.05) is 39.6 Å². The molecule has 3 heterocycles. The van der Waals surface area contributed by atoms with Gasteiger partial charge < -0.3 is 19.3 Å². The molecular formula is C19H30N4O4. The first kappa shape index (κ1) is 19.7. The number of nitrogens with zero attached hydrogens (tertiary/aromatic N) is 4. The second kappa shape index (κ2) is 6.82. The van der Waals surface area contributed by atoms with Gasteiger partial charge in [-0.3, -0.25) is 9.48 Å². The predicted octanol–water partition coefficient (Wildman–Crippen LogP) is 1.96. The van der Waals surface area contributed by atoms with Crippen LogP contribution < -0.4 is 0 Å². The summed E-state index contributed by atoms with van der Waals surface area (Å²) >= 11 is 0. The number of hydrogen-bond donors (Lipinski definition) is 0. The number of methoxy groups -OCH3 is 1. The monoisotopic (exact) mass is 378 g/mol. The highest BCUT2D eigenvalue weighted by Gasteiger charge is 2.39. The van der Waals surface area contributed by atoms with Crippen LogP contribution in [0.15, 0.2) is 0 Å². The van der Waals surface area contributed by atoms with Crippen molar-refractivity contribution in [1.29, 1.82) is 0 Å². The van der Waals surface area contributed by atoms with E-state index in [0.29, 0.717) is 38.3 Å². The van der Waals surface area contributed by atoms with Crippen LogP contribution >= 0.6 is 0 Å². The maximum Gasteiger partial charge on any atom is 0.410 e. The van der Waals surface area contributed by atoms with Crippen molar-refractivity contribution in [3.8, 4) is 0 Å². The first-order valence-electron chi connectivity index (χ1n) is 9.40. The molecule has 2 aliphatic rings. The van der Waals surface area contributed by atoms with E-state index >= 15 is 0 Å². The van der Waals surface area contributed by atoms with E-state index < -0.39 is 5.60 Å². The lowest BCUT2D eigenvalue weighted by Crippen LogP contribution is -2.40. The predicted molar refractivity (Wildman–Crippen MR) is 99.5 cm³/mol. The molecule has 0 saturated carbocycles. The summed E-state index contributed by atoms with van der Waals surface area (Å²) < 4.78 is 12.7. The molecule has 1 atom stereocenters. The molecule has 1 aromatic rings. The molecule has 0 N–H and O–H groups in total. The zero-order valence-corrected chi connectivity index (χ0v) is 17.2. The van der Waals surface area contributed by atoms with Crippen molar-refractivity contribution in [2.75, 3.05) is 26.7 Å². The van der Waals surface area contributed by atoms with Crippen molar-refractivity contribution in [2.24, 2.45) is 7.05 Å². The zero-order valence-electron chi connectivity index (χ0n) is 17.2. The van der Waals surface area contributed by atoms with Crippen LogP contribution in [-0.4, -0.2) is 69.5 Å².